The van der Waals surface area contributed by atoms with E-state index >= 15 is 0 Å². The van der Waals surface area contributed by atoms with Crippen LogP contribution in [0.5, 0.6) is 0 Å². The van der Waals surface area contributed by atoms with Crippen LogP contribution in [0.2, 0.25) is 0 Å². The average molecular weight is 392 g/mol. The summed E-state index contributed by atoms with van der Waals surface area (Å²) in [6, 6.07) is 33.5. The second-order valence-corrected chi connectivity index (χ2v) is 14.4. The third kappa shape index (κ3) is 4.29. The Labute approximate surface area is 166 Å². The number of benzene rings is 3. The van der Waals surface area contributed by atoms with Crippen molar-refractivity contribution in [3.05, 3.63) is 91.0 Å². The quantitative estimate of drug-likeness (QED) is 0.449. The smallest absolute Gasteiger partial charge is 0.0160 e. The minimum atomic E-state index is -1.81. The summed E-state index contributed by atoms with van der Waals surface area (Å²) in [5, 5.41) is 4.36. The van der Waals surface area contributed by atoms with Crippen LogP contribution in [-0.4, -0.2) is 16.9 Å². The molecule has 0 aromatic heterocycles. The Morgan fingerprint density at radius 3 is 1.11 bits per heavy atom. The van der Waals surface area contributed by atoms with Gasteiger partial charge in [0.1, 0.15) is 0 Å². The molecule has 3 aromatic rings. The van der Waals surface area contributed by atoms with Gasteiger partial charge in [-0.15, -0.1) is 0 Å². The van der Waals surface area contributed by atoms with Gasteiger partial charge in [-0.25, -0.2) is 0 Å². The van der Waals surface area contributed by atoms with Gasteiger partial charge < -0.3 is 0 Å². The van der Waals surface area contributed by atoms with Gasteiger partial charge in [0.25, 0.3) is 0 Å². The van der Waals surface area contributed by atoms with Gasteiger partial charge in [-0.2, -0.15) is 0 Å². The van der Waals surface area contributed by atoms with Crippen LogP contribution in [0.3, 0.4) is 0 Å². The van der Waals surface area contributed by atoms with E-state index in [4.69, 9.17) is 0 Å². The standard InChI is InChI=1S/C25H30P2/c1-21(2)26(22(3)4)20-27(23-14-8-5-9-15-23,24-16-10-6-11-17-24)25-18-12-7-13-19-25/h5-22H,1-4H3. The molecular weight excluding hydrogens is 362 g/mol. The first-order valence-electron chi connectivity index (χ1n) is 9.75. The molecule has 0 saturated carbocycles. The molecule has 0 aliphatic carbocycles. The van der Waals surface area contributed by atoms with Gasteiger partial charge in [-0.05, 0) is 39.7 Å². The zero-order chi connectivity index (χ0) is 19.3. The summed E-state index contributed by atoms with van der Waals surface area (Å²) in [5.41, 5.74) is 4.14. The zero-order valence-electron chi connectivity index (χ0n) is 16.8. The Balaban J connectivity index is 2.43. The SMILES string of the molecule is CC(C)P(C=P(c1ccccc1)(c1ccccc1)c1ccccc1)C(C)C. The van der Waals surface area contributed by atoms with E-state index in [0.717, 1.165) is 0 Å². The van der Waals surface area contributed by atoms with Crippen molar-refractivity contribution >= 4 is 36.3 Å². The molecule has 27 heavy (non-hydrogen) atoms. The number of rotatable bonds is 6. The summed E-state index contributed by atoms with van der Waals surface area (Å²) in [7, 11) is -0.213. The van der Waals surface area contributed by atoms with Crippen molar-refractivity contribution < 1.29 is 0 Å². The Hall–Kier alpha value is -1.61. The highest BCUT2D eigenvalue weighted by Crippen LogP contribution is 2.54. The first kappa shape index (κ1) is 20.1. The van der Waals surface area contributed by atoms with E-state index in [1.54, 1.807) is 0 Å². The van der Waals surface area contributed by atoms with E-state index in [9.17, 15) is 0 Å². The monoisotopic (exact) mass is 392 g/mol. The highest BCUT2D eigenvalue weighted by atomic mass is 31.2. The van der Waals surface area contributed by atoms with E-state index in [2.05, 4.69) is 124 Å². The minimum Gasteiger partial charge on any atom is -0.0769 e. The summed E-state index contributed by atoms with van der Waals surface area (Å²) < 4.78 is 0. The average Bonchev–Trinajstić information content (AvgIpc) is 2.70. The van der Waals surface area contributed by atoms with Crippen molar-refractivity contribution in [1.29, 1.82) is 0 Å². The van der Waals surface area contributed by atoms with Crippen LogP contribution in [0, 0.1) is 0 Å². The molecule has 0 N–H and O–H groups in total. The molecule has 0 saturated heterocycles. The fourth-order valence-corrected chi connectivity index (χ4v) is 13.0. The molecule has 0 aliphatic rings. The van der Waals surface area contributed by atoms with Crippen LogP contribution in [0.15, 0.2) is 91.0 Å². The van der Waals surface area contributed by atoms with Gasteiger partial charge in [0.2, 0.25) is 0 Å². The van der Waals surface area contributed by atoms with E-state index in [1.807, 2.05) is 0 Å². The maximum absolute atomic E-state index is 2.79. The first-order chi connectivity index (χ1) is 13.1. The maximum atomic E-state index is 2.79. The van der Waals surface area contributed by atoms with Gasteiger partial charge in [0.15, 0.2) is 0 Å². The lowest BCUT2D eigenvalue weighted by Crippen LogP contribution is -2.27. The van der Waals surface area contributed by atoms with Crippen molar-refractivity contribution in [2.75, 3.05) is 0 Å². The second-order valence-electron chi connectivity index (χ2n) is 7.48. The maximum Gasteiger partial charge on any atom is -0.0160 e. The third-order valence-electron chi connectivity index (χ3n) is 4.99. The first-order valence-corrected chi connectivity index (χ1v) is 13.2. The molecule has 3 aromatic carbocycles. The molecule has 3 rings (SSSR count). The summed E-state index contributed by atoms with van der Waals surface area (Å²) in [4.78, 5) is 0. The summed E-state index contributed by atoms with van der Waals surface area (Å²) in [5.74, 6) is 0. The topological polar surface area (TPSA) is 0 Å². The fraction of sp³-hybridized carbons (Fsp3) is 0.240. The van der Waals surface area contributed by atoms with Crippen molar-refractivity contribution in [3.8, 4) is 0 Å². The van der Waals surface area contributed by atoms with Gasteiger partial charge in [-0.3, -0.25) is 0 Å². The van der Waals surface area contributed by atoms with Crippen molar-refractivity contribution in [1.82, 2.24) is 0 Å². The minimum absolute atomic E-state index is 0.213. The zero-order valence-corrected chi connectivity index (χ0v) is 18.6. The van der Waals surface area contributed by atoms with E-state index in [-0.39, 0.29) is 7.92 Å². The van der Waals surface area contributed by atoms with Crippen LogP contribution in [0.1, 0.15) is 27.7 Å². The Morgan fingerprint density at radius 1 is 0.556 bits per heavy atom. The van der Waals surface area contributed by atoms with Gasteiger partial charge in [-0.1, -0.05) is 127 Å². The summed E-state index contributed by atoms with van der Waals surface area (Å²) >= 11 is 0. The molecule has 2 heteroatoms. The molecule has 0 bridgehead atoms. The van der Waals surface area contributed by atoms with Gasteiger partial charge in [0, 0.05) is 0 Å². The molecule has 0 unspecified atom stereocenters. The number of hydrogen-bond donors (Lipinski definition) is 0. The molecular formula is C25H30P2. The molecule has 0 aliphatic heterocycles. The van der Waals surface area contributed by atoms with Crippen molar-refractivity contribution in [3.63, 3.8) is 0 Å². The molecule has 0 amide bonds. The van der Waals surface area contributed by atoms with Gasteiger partial charge in [0.05, 0.1) is 0 Å². The molecule has 0 radical (unpaired) electrons. The van der Waals surface area contributed by atoms with Crippen molar-refractivity contribution in [2.24, 2.45) is 0 Å². The Bertz CT molecular complexity index is 770. The van der Waals surface area contributed by atoms with E-state index in [0.29, 0.717) is 11.3 Å². The van der Waals surface area contributed by atoms with Crippen LogP contribution in [-0.2, 0) is 0 Å². The molecule has 0 atom stereocenters. The summed E-state index contributed by atoms with van der Waals surface area (Å²) in [6.45, 7) is 7.73. The van der Waals surface area contributed by atoms with E-state index in [1.165, 1.54) is 15.9 Å². The van der Waals surface area contributed by atoms with E-state index < -0.39 is 6.89 Å². The fourth-order valence-electron chi connectivity index (χ4n) is 3.70. The highest BCUT2D eigenvalue weighted by Gasteiger charge is 2.28. The largest absolute Gasteiger partial charge is 0.0769 e. The molecule has 0 heterocycles. The lowest BCUT2D eigenvalue weighted by molar-refractivity contribution is 1.02. The predicted molar refractivity (Wildman–Crippen MR) is 128 cm³/mol. The Morgan fingerprint density at radius 2 is 0.852 bits per heavy atom. The second kappa shape index (κ2) is 9.05. The third-order valence-corrected chi connectivity index (χ3v) is 13.2. The normalized spacial score (nSPS) is 12.0. The van der Waals surface area contributed by atoms with Crippen LogP contribution in [0.25, 0.3) is 0 Å². The van der Waals surface area contributed by atoms with Crippen LogP contribution in [0.4, 0.5) is 0 Å². The molecule has 0 nitrogen and oxygen atoms in total. The van der Waals surface area contributed by atoms with Crippen LogP contribution < -0.4 is 15.9 Å². The summed E-state index contributed by atoms with van der Waals surface area (Å²) in [6.07, 6.45) is 0. The number of hydrogen-bond acceptors (Lipinski definition) is 0. The van der Waals surface area contributed by atoms with Crippen LogP contribution >= 0.6 is 14.8 Å². The highest BCUT2D eigenvalue weighted by molar-refractivity contribution is 8.04. The van der Waals surface area contributed by atoms with Crippen molar-refractivity contribution in [2.45, 2.75) is 39.0 Å². The molecule has 0 fully saturated rings. The molecule has 140 valence electrons. The lowest BCUT2D eigenvalue weighted by atomic mass is 10.4. The van der Waals surface area contributed by atoms with Gasteiger partial charge >= 0.3 is 0 Å². The Kier molecular flexibility index (Phi) is 6.75. The lowest BCUT2D eigenvalue weighted by Gasteiger charge is -2.33. The molecule has 0 spiro atoms. The predicted octanol–water partition coefficient (Wildman–Crippen LogP) is 6.04.